The zero-order valence-electron chi connectivity index (χ0n) is 11.3. The van der Waals surface area contributed by atoms with Crippen LogP contribution in [0.2, 0.25) is 5.02 Å². The number of hydrogen-bond acceptors (Lipinski definition) is 3. The van der Waals surface area contributed by atoms with Crippen molar-refractivity contribution in [1.29, 1.82) is 0 Å². The van der Waals surface area contributed by atoms with Gasteiger partial charge in [0, 0.05) is 26.6 Å². The first-order valence-corrected chi connectivity index (χ1v) is 6.90. The molecule has 2 rings (SSSR count). The van der Waals surface area contributed by atoms with Crippen LogP contribution in [0.4, 0.5) is 0 Å². The molecule has 1 N–H and O–H groups in total. The van der Waals surface area contributed by atoms with Gasteiger partial charge in [-0.15, -0.1) is 0 Å². The smallest absolute Gasteiger partial charge is 0.263 e. The van der Waals surface area contributed by atoms with E-state index >= 15 is 0 Å². The molecule has 1 aliphatic rings. The molecule has 0 bridgehead atoms. The summed E-state index contributed by atoms with van der Waals surface area (Å²) < 4.78 is 5.70. The highest BCUT2D eigenvalue weighted by Crippen LogP contribution is 2.28. The van der Waals surface area contributed by atoms with Gasteiger partial charge in [0.15, 0.2) is 6.10 Å². The summed E-state index contributed by atoms with van der Waals surface area (Å²) in [5, 5.41) is 3.79. The Labute approximate surface area is 118 Å². The van der Waals surface area contributed by atoms with Gasteiger partial charge in [-0.3, -0.25) is 4.79 Å². The third-order valence-electron chi connectivity index (χ3n) is 3.22. The van der Waals surface area contributed by atoms with Crippen molar-refractivity contribution in [2.45, 2.75) is 26.0 Å². The molecule has 4 nitrogen and oxygen atoms in total. The van der Waals surface area contributed by atoms with Crippen LogP contribution in [-0.4, -0.2) is 37.0 Å². The highest BCUT2D eigenvalue weighted by molar-refractivity contribution is 6.32. The van der Waals surface area contributed by atoms with Crippen molar-refractivity contribution >= 4 is 17.5 Å². The quantitative estimate of drug-likeness (QED) is 0.899. The molecule has 0 spiro atoms. The first-order valence-electron chi connectivity index (χ1n) is 6.52. The predicted octanol–water partition coefficient (Wildman–Crippen LogP) is 2.06. The molecular weight excluding hydrogens is 264 g/mol. The van der Waals surface area contributed by atoms with Gasteiger partial charge in [-0.2, -0.15) is 0 Å². The van der Waals surface area contributed by atoms with Gasteiger partial charge in [-0.1, -0.05) is 24.6 Å². The van der Waals surface area contributed by atoms with Gasteiger partial charge < -0.3 is 15.0 Å². The molecule has 1 heterocycles. The standard InChI is InChI=1S/C14H19ClN2O2/c1-3-16-9-10-4-5-12(11(15)8-10)19-13-6-7-17(2)14(13)18/h4-5,8,13,16H,3,6-7,9H2,1-2H3. The molecule has 0 aromatic heterocycles. The van der Waals surface area contributed by atoms with Crippen LogP contribution in [0.1, 0.15) is 18.9 Å². The van der Waals surface area contributed by atoms with E-state index in [1.165, 1.54) is 0 Å². The Kier molecular flexibility index (Phi) is 4.66. The summed E-state index contributed by atoms with van der Waals surface area (Å²) in [6.07, 6.45) is 0.312. The zero-order chi connectivity index (χ0) is 13.8. The van der Waals surface area contributed by atoms with Crippen LogP contribution < -0.4 is 10.1 Å². The lowest BCUT2D eigenvalue weighted by Crippen LogP contribution is -2.29. The second kappa shape index (κ2) is 6.26. The monoisotopic (exact) mass is 282 g/mol. The summed E-state index contributed by atoms with van der Waals surface area (Å²) in [6, 6.07) is 5.68. The molecule has 19 heavy (non-hydrogen) atoms. The molecule has 1 amide bonds. The number of rotatable bonds is 5. The van der Waals surface area contributed by atoms with E-state index < -0.39 is 6.10 Å². The van der Waals surface area contributed by atoms with Gasteiger partial charge in [0.2, 0.25) is 0 Å². The summed E-state index contributed by atoms with van der Waals surface area (Å²) in [5.41, 5.74) is 1.11. The Morgan fingerprint density at radius 1 is 1.53 bits per heavy atom. The van der Waals surface area contributed by atoms with Crippen LogP contribution in [0.5, 0.6) is 5.75 Å². The molecule has 0 radical (unpaired) electrons. The Morgan fingerprint density at radius 2 is 2.32 bits per heavy atom. The molecule has 104 valence electrons. The van der Waals surface area contributed by atoms with E-state index in [-0.39, 0.29) is 5.91 Å². The number of amides is 1. The van der Waals surface area contributed by atoms with Crippen LogP contribution >= 0.6 is 11.6 Å². The van der Waals surface area contributed by atoms with Crippen LogP contribution in [0.15, 0.2) is 18.2 Å². The molecule has 1 atom stereocenters. The van der Waals surface area contributed by atoms with Crippen molar-refractivity contribution in [3.8, 4) is 5.75 Å². The van der Waals surface area contributed by atoms with Crippen molar-refractivity contribution in [1.82, 2.24) is 10.2 Å². The number of carbonyl (C=O) groups excluding carboxylic acids is 1. The van der Waals surface area contributed by atoms with Crippen LogP contribution in [0.3, 0.4) is 0 Å². The van der Waals surface area contributed by atoms with Crippen LogP contribution in [0.25, 0.3) is 0 Å². The van der Waals surface area contributed by atoms with Gasteiger partial charge in [0.1, 0.15) is 5.75 Å². The molecule has 0 saturated carbocycles. The first-order chi connectivity index (χ1) is 9.11. The van der Waals surface area contributed by atoms with E-state index in [2.05, 4.69) is 12.2 Å². The lowest BCUT2D eigenvalue weighted by atomic mass is 10.2. The fraction of sp³-hybridized carbons (Fsp3) is 0.500. The molecule has 1 aliphatic heterocycles. The van der Waals surface area contributed by atoms with E-state index in [9.17, 15) is 4.79 Å². The number of ether oxygens (including phenoxy) is 1. The SMILES string of the molecule is CCNCc1ccc(OC2CCN(C)C2=O)c(Cl)c1. The summed E-state index contributed by atoms with van der Waals surface area (Å²) in [6.45, 7) is 4.49. The number of hydrogen-bond donors (Lipinski definition) is 1. The van der Waals surface area contributed by atoms with E-state index in [0.29, 0.717) is 17.2 Å². The number of likely N-dealkylation sites (N-methyl/N-ethyl adjacent to an activating group) is 1. The fourth-order valence-corrected chi connectivity index (χ4v) is 2.32. The molecule has 1 aromatic rings. The number of nitrogens with one attached hydrogen (secondary N) is 1. The molecule has 5 heteroatoms. The van der Waals surface area contributed by atoms with Crippen molar-refractivity contribution in [3.63, 3.8) is 0 Å². The highest BCUT2D eigenvalue weighted by Gasteiger charge is 2.31. The molecule has 1 fully saturated rings. The van der Waals surface area contributed by atoms with Gasteiger partial charge in [-0.25, -0.2) is 0 Å². The van der Waals surface area contributed by atoms with Crippen molar-refractivity contribution in [3.05, 3.63) is 28.8 Å². The topological polar surface area (TPSA) is 41.6 Å². The van der Waals surface area contributed by atoms with Gasteiger partial charge >= 0.3 is 0 Å². The number of halogens is 1. The largest absolute Gasteiger partial charge is 0.479 e. The normalized spacial score (nSPS) is 19.0. The van der Waals surface area contributed by atoms with E-state index in [1.54, 1.807) is 11.9 Å². The summed E-state index contributed by atoms with van der Waals surface area (Å²) in [4.78, 5) is 13.5. The van der Waals surface area contributed by atoms with Crippen LogP contribution in [0, 0.1) is 0 Å². The summed E-state index contributed by atoms with van der Waals surface area (Å²) in [7, 11) is 1.78. The lowest BCUT2D eigenvalue weighted by molar-refractivity contribution is -0.132. The Morgan fingerprint density at radius 3 is 2.89 bits per heavy atom. The third-order valence-corrected chi connectivity index (χ3v) is 3.52. The minimum Gasteiger partial charge on any atom is -0.479 e. The first kappa shape index (κ1) is 14.2. The van der Waals surface area contributed by atoms with E-state index in [1.807, 2.05) is 18.2 Å². The zero-order valence-corrected chi connectivity index (χ0v) is 12.0. The van der Waals surface area contributed by atoms with Crippen molar-refractivity contribution in [2.24, 2.45) is 0 Å². The Balaban J connectivity index is 2.03. The van der Waals surface area contributed by atoms with Gasteiger partial charge in [-0.05, 0) is 24.2 Å². The predicted molar refractivity (Wildman–Crippen MR) is 75.5 cm³/mol. The molecule has 0 aliphatic carbocycles. The highest BCUT2D eigenvalue weighted by atomic mass is 35.5. The molecular formula is C14H19ClN2O2. The average molecular weight is 283 g/mol. The Bertz CT molecular complexity index is 465. The second-order valence-corrected chi connectivity index (χ2v) is 5.11. The maximum Gasteiger partial charge on any atom is 0.263 e. The second-order valence-electron chi connectivity index (χ2n) is 4.70. The summed E-state index contributed by atoms with van der Waals surface area (Å²) in [5.74, 6) is 0.600. The van der Waals surface area contributed by atoms with Crippen molar-refractivity contribution in [2.75, 3.05) is 20.1 Å². The van der Waals surface area contributed by atoms with Crippen molar-refractivity contribution < 1.29 is 9.53 Å². The maximum atomic E-state index is 11.8. The maximum absolute atomic E-state index is 11.8. The van der Waals surface area contributed by atoms with Gasteiger partial charge in [0.25, 0.3) is 5.91 Å². The molecule has 1 unspecified atom stereocenters. The minimum absolute atomic E-state index is 0.0211. The van der Waals surface area contributed by atoms with Gasteiger partial charge in [0.05, 0.1) is 5.02 Å². The molecule has 1 saturated heterocycles. The van der Waals surface area contributed by atoms with Crippen LogP contribution in [-0.2, 0) is 11.3 Å². The number of carbonyl (C=O) groups is 1. The number of nitrogens with zero attached hydrogens (tertiary/aromatic N) is 1. The Hall–Kier alpha value is -1.26. The number of likely N-dealkylation sites (tertiary alicyclic amines) is 1. The summed E-state index contributed by atoms with van der Waals surface area (Å²) >= 11 is 6.19. The average Bonchev–Trinajstić information content (AvgIpc) is 2.71. The molecule has 1 aromatic carbocycles. The third kappa shape index (κ3) is 3.39. The lowest BCUT2D eigenvalue weighted by Gasteiger charge is -2.14. The van der Waals surface area contributed by atoms with E-state index in [0.717, 1.165) is 25.2 Å². The van der Waals surface area contributed by atoms with E-state index in [4.69, 9.17) is 16.3 Å². The fourth-order valence-electron chi connectivity index (χ4n) is 2.07. The number of benzene rings is 1. The minimum atomic E-state index is -0.401.